The van der Waals surface area contributed by atoms with Crippen LogP contribution in [-0.4, -0.2) is 37.2 Å². The van der Waals surface area contributed by atoms with Gasteiger partial charge in [-0.2, -0.15) is 0 Å². The lowest BCUT2D eigenvalue weighted by Crippen LogP contribution is -2.30. The van der Waals surface area contributed by atoms with Gasteiger partial charge in [-0.3, -0.25) is 14.4 Å². The van der Waals surface area contributed by atoms with E-state index < -0.39 is 12.1 Å². The summed E-state index contributed by atoms with van der Waals surface area (Å²) >= 11 is 0. The Hall–Kier alpha value is -2.37. The lowest BCUT2D eigenvalue weighted by molar-refractivity contribution is -0.166. The fourth-order valence-electron chi connectivity index (χ4n) is 5.00. The molecule has 1 atom stereocenters. The third-order valence-corrected chi connectivity index (χ3v) is 7.72. The maximum atomic E-state index is 12.4. The average Bonchev–Trinajstić information content (AvgIpc) is 3.02. The number of ether oxygens (including phenoxy) is 3. The zero-order valence-electron chi connectivity index (χ0n) is 29.4. The highest BCUT2D eigenvalue weighted by Crippen LogP contribution is 2.14. The monoisotopic (exact) mass is 633 g/mol. The van der Waals surface area contributed by atoms with E-state index in [1.54, 1.807) is 0 Å². The second-order valence-corrected chi connectivity index (χ2v) is 12.2. The van der Waals surface area contributed by atoms with E-state index in [2.05, 4.69) is 50.3 Å². The van der Waals surface area contributed by atoms with Gasteiger partial charge in [0.2, 0.25) is 0 Å². The number of hydrogen-bond donors (Lipinski definition) is 0. The maximum Gasteiger partial charge on any atom is 0.306 e. The maximum absolute atomic E-state index is 12.4. The van der Waals surface area contributed by atoms with Crippen molar-refractivity contribution in [1.29, 1.82) is 0 Å². The van der Waals surface area contributed by atoms with Crippen molar-refractivity contribution < 1.29 is 28.6 Å². The van der Waals surface area contributed by atoms with Crippen molar-refractivity contribution in [3.05, 3.63) is 36.5 Å². The number of rotatable bonds is 32. The van der Waals surface area contributed by atoms with Gasteiger partial charge in [0.15, 0.2) is 6.10 Å². The first-order chi connectivity index (χ1) is 22.0. The Morgan fingerprint density at radius 1 is 0.511 bits per heavy atom. The van der Waals surface area contributed by atoms with Crippen LogP contribution in [0.15, 0.2) is 36.5 Å². The molecule has 6 heteroatoms. The van der Waals surface area contributed by atoms with Gasteiger partial charge < -0.3 is 14.2 Å². The molecule has 0 amide bonds. The molecule has 0 aromatic rings. The van der Waals surface area contributed by atoms with Crippen LogP contribution in [-0.2, 0) is 28.6 Å². The molecule has 0 bridgehead atoms. The molecular formula is C39H68O6. The van der Waals surface area contributed by atoms with Gasteiger partial charge in [-0.15, -0.1) is 0 Å². The van der Waals surface area contributed by atoms with Crippen LogP contribution in [0.25, 0.3) is 0 Å². The highest BCUT2D eigenvalue weighted by molar-refractivity contribution is 5.70. The largest absolute Gasteiger partial charge is 0.462 e. The predicted octanol–water partition coefficient (Wildman–Crippen LogP) is 11.1. The molecule has 0 rings (SSSR count). The summed E-state index contributed by atoms with van der Waals surface area (Å²) in [6.45, 7) is 5.51. The SMILES string of the molecule is CC/C=C\C/C=C\C/C=C\CCCCCCCC(=O)OC(COC(C)=O)COC(=O)CCCCCCCCCCCCCCC. The molecule has 0 radical (unpaired) electrons. The van der Waals surface area contributed by atoms with Crippen LogP contribution in [0.2, 0.25) is 0 Å². The average molecular weight is 633 g/mol. The van der Waals surface area contributed by atoms with Crippen LogP contribution in [0.1, 0.15) is 175 Å². The van der Waals surface area contributed by atoms with Crippen molar-refractivity contribution in [2.75, 3.05) is 13.2 Å². The van der Waals surface area contributed by atoms with Gasteiger partial charge in [0, 0.05) is 19.8 Å². The molecule has 260 valence electrons. The molecule has 0 aliphatic rings. The number of unbranched alkanes of at least 4 members (excludes halogenated alkanes) is 17. The molecule has 0 aliphatic carbocycles. The number of esters is 3. The minimum absolute atomic E-state index is 0.0878. The summed E-state index contributed by atoms with van der Waals surface area (Å²) in [7, 11) is 0. The predicted molar refractivity (Wildman–Crippen MR) is 187 cm³/mol. The van der Waals surface area contributed by atoms with Gasteiger partial charge in [-0.1, -0.05) is 147 Å². The van der Waals surface area contributed by atoms with Crippen molar-refractivity contribution in [3.8, 4) is 0 Å². The van der Waals surface area contributed by atoms with E-state index in [-0.39, 0.29) is 25.2 Å². The van der Waals surface area contributed by atoms with Crippen LogP contribution in [0, 0.1) is 0 Å². The first-order valence-corrected chi connectivity index (χ1v) is 18.4. The second-order valence-electron chi connectivity index (χ2n) is 12.2. The minimum atomic E-state index is -0.772. The Morgan fingerprint density at radius 3 is 1.49 bits per heavy atom. The summed E-state index contributed by atoms with van der Waals surface area (Å²) in [5.74, 6) is -1.10. The van der Waals surface area contributed by atoms with Crippen LogP contribution in [0.3, 0.4) is 0 Å². The van der Waals surface area contributed by atoms with Gasteiger partial charge >= 0.3 is 17.9 Å². The minimum Gasteiger partial charge on any atom is -0.462 e. The lowest BCUT2D eigenvalue weighted by atomic mass is 10.0. The third kappa shape index (κ3) is 34.3. The summed E-state index contributed by atoms with van der Waals surface area (Å²) < 4.78 is 15.9. The van der Waals surface area contributed by atoms with E-state index >= 15 is 0 Å². The Morgan fingerprint density at radius 2 is 0.956 bits per heavy atom. The van der Waals surface area contributed by atoms with Crippen LogP contribution in [0.4, 0.5) is 0 Å². The van der Waals surface area contributed by atoms with Crippen molar-refractivity contribution in [1.82, 2.24) is 0 Å². The lowest BCUT2D eigenvalue weighted by Gasteiger charge is -2.17. The number of allylic oxidation sites excluding steroid dienone is 6. The van der Waals surface area contributed by atoms with Crippen molar-refractivity contribution in [3.63, 3.8) is 0 Å². The molecule has 45 heavy (non-hydrogen) atoms. The van der Waals surface area contributed by atoms with Crippen molar-refractivity contribution in [2.45, 2.75) is 181 Å². The zero-order valence-corrected chi connectivity index (χ0v) is 29.4. The van der Waals surface area contributed by atoms with Crippen LogP contribution < -0.4 is 0 Å². The normalized spacial score (nSPS) is 12.3. The fraction of sp³-hybridized carbons (Fsp3) is 0.769. The molecule has 6 nitrogen and oxygen atoms in total. The number of hydrogen-bond acceptors (Lipinski definition) is 6. The van der Waals surface area contributed by atoms with E-state index in [9.17, 15) is 14.4 Å². The van der Waals surface area contributed by atoms with Gasteiger partial charge in [0.05, 0.1) is 0 Å². The van der Waals surface area contributed by atoms with Crippen LogP contribution in [0.5, 0.6) is 0 Å². The van der Waals surface area contributed by atoms with Crippen LogP contribution >= 0.6 is 0 Å². The van der Waals surface area contributed by atoms with E-state index in [0.717, 1.165) is 77.0 Å². The molecule has 0 saturated carbocycles. The first kappa shape index (κ1) is 42.6. The van der Waals surface area contributed by atoms with Gasteiger partial charge in [0.1, 0.15) is 13.2 Å². The second kappa shape index (κ2) is 34.5. The quantitative estimate of drug-likeness (QED) is 0.0318. The Balaban J connectivity index is 3.90. The highest BCUT2D eigenvalue weighted by Gasteiger charge is 2.18. The Kier molecular flexibility index (Phi) is 32.7. The molecule has 0 N–H and O–H groups in total. The van der Waals surface area contributed by atoms with E-state index in [1.165, 1.54) is 71.1 Å². The topological polar surface area (TPSA) is 78.9 Å². The summed E-state index contributed by atoms with van der Waals surface area (Å²) in [6.07, 6.45) is 38.7. The van der Waals surface area contributed by atoms with E-state index in [4.69, 9.17) is 14.2 Å². The van der Waals surface area contributed by atoms with Crippen molar-refractivity contribution in [2.24, 2.45) is 0 Å². The Labute approximate surface area is 276 Å². The molecular weight excluding hydrogens is 564 g/mol. The number of carbonyl (C=O) groups excluding carboxylic acids is 3. The molecule has 0 fully saturated rings. The van der Waals surface area contributed by atoms with E-state index in [0.29, 0.717) is 12.8 Å². The third-order valence-electron chi connectivity index (χ3n) is 7.72. The van der Waals surface area contributed by atoms with Gasteiger partial charge in [-0.25, -0.2) is 0 Å². The van der Waals surface area contributed by atoms with Gasteiger partial charge in [-0.05, 0) is 44.9 Å². The molecule has 1 unspecified atom stereocenters. The summed E-state index contributed by atoms with van der Waals surface area (Å²) in [4.78, 5) is 35.9. The molecule has 0 aliphatic heterocycles. The summed E-state index contributed by atoms with van der Waals surface area (Å²) in [6, 6.07) is 0. The summed E-state index contributed by atoms with van der Waals surface area (Å²) in [5.41, 5.74) is 0. The van der Waals surface area contributed by atoms with Gasteiger partial charge in [0.25, 0.3) is 0 Å². The molecule has 0 spiro atoms. The Bertz CT molecular complexity index is 784. The standard InChI is InChI=1S/C39H68O6/c1-4-6-8-10-12-14-16-18-19-21-23-25-27-29-31-33-39(42)45-37(34-43-36(3)40)35-44-38(41)32-30-28-26-24-22-20-17-15-13-11-9-7-5-2/h6,8,12,14,18-19,37H,4-5,7,9-11,13,15-17,20-35H2,1-3H3/b8-6-,14-12-,19-18-. The zero-order chi connectivity index (χ0) is 33.1. The number of carbonyl (C=O) groups is 3. The van der Waals surface area contributed by atoms with E-state index in [1.807, 2.05) is 0 Å². The molecule has 0 aromatic heterocycles. The molecule has 0 saturated heterocycles. The summed E-state index contributed by atoms with van der Waals surface area (Å²) in [5, 5.41) is 0. The van der Waals surface area contributed by atoms with Crippen molar-refractivity contribution >= 4 is 17.9 Å². The fourth-order valence-corrected chi connectivity index (χ4v) is 5.00. The first-order valence-electron chi connectivity index (χ1n) is 18.4. The highest BCUT2D eigenvalue weighted by atomic mass is 16.6. The molecule has 0 aromatic carbocycles. The smallest absolute Gasteiger partial charge is 0.306 e. The molecule has 0 heterocycles.